The summed E-state index contributed by atoms with van der Waals surface area (Å²) in [7, 11) is 0. The van der Waals surface area contributed by atoms with E-state index in [1.54, 1.807) is 30.4 Å². The average molecular weight is 258 g/mol. The lowest BCUT2D eigenvalue weighted by Crippen LogP contribution is -2.43. The van der Waals surface area contributed by atoms with Gasteiger partial charge < -0.3 is 9.84 Å². The molecule has 100 valence electrons. The quantitative estimate of drug-likeness (QED) is 0.652. The van der Waals surface area contributed by atoms with Crippen LogP contribution < -0.4 is 0 Å². The number of ketones is 1. The second kappa shape index (κ2) is 5.95. The minimum Gasteiger partial charge on any atom is -0.361 e. The Morgan fingerprint density at radius 3 is 2.74 bits per heavy atom. The van der Waals surface area contributed by atoms with Crippen molar-refractivity contribution in [1.82, 2.24) is 0 Å². The first-order valence-electron chi connectivity index (χ1n) is 6.49. The summed E-state index contributed by atoms with van der Waals surface area (Å²) in [6.07, 6.45) is 7.46. The Balaban J connectivity index is 2.24. The van der Waals surface area contributed by atoms with Gasteiger partial charge in [0.25, 0.3) is 0 Å². The average Bonchev–Trinajstić information content (AvgIpc) is 2.46. The van der Waals surface area contributed by atoms with Crippen molar-refractivity contribution in [2.75, 3.05) is 6.61 Å². The minimum atomic E-state index is -1.54. The lowest BCUT2D eigenvalue weighted by atomic mass is 9.86. The number of benzene rings is 1. The first kappa shape index (κ1) is 13.7. The topological polar surface area (TPSA) is 46.5 Å². The number of hydrogen-bond acceptors (Lipinski definition) is 3. The molecule has 0 aliphatic heterocycles. The molecule has 0 radical (unpaired) electrons. The molecule has 0 bridgehead atoms. The molecular weight excluding hydrogens is 240 g/mol. The highest BCUT2D eigenvalue weighted by molar-refractivity contribution is 5.99. The van der Waals surface area contributed by atoms with Crippen molar-refractivity contribution in [3.8, 4) is 0 Å². The number of Topliss-reactive ketones (excluding diaryl/α,β-unsaturated/α-hetero) is 1. The third-order valence-electron chi connectivity index (χ3n) is 3.07. The van der Waals surface area contributed by atoms with Gasteiger partial charge in [-0.1, -0.05) is 55.5 Å². The van der Waals surface area contributed by atoms with Crippen molar-refractivity contribution in [3.63, 3.8) is 0 Å². The van der Waals surface area contributed by atoms with E-state index in [1.165, 1.54) is 6.08 Å². The molecule has 2 atom stereocenters. The van der Waals surface area contributed by atoms with Crippen LogP contribution in [-0.4, -0.2) is 23.3 Å². The smallest absolute Gasteiger partial charge is 0.199 e. The summed E-state index contributed by atoms with van der Waals surface area (Å²) in [5.74, 6) is -2.39. The lowest BCUT2D eigenvalue weighted by Gasteiger charge is -2.32. The molecule has 1 aliphatic carbocycles. The van der Waals surface area contributed by atoms with Gasteiger partial charge in [0.05, 0.1) is 12.5 Å². The monoisotopic (exact) mass is 258 g/mol. The van der Waals surface area contributed by atoms with Crippen LogP contribution in [0.2, 0.25) is 0 Å². The van der Waals surface area contributed by atoms with Gasteiger partial charge in [-0.15, -0.1) is 0 Å². The summed E-state index contributed by atoms with van der Waals surface area (Å²) in [6.45, 7) is 2.37. The molecule has 1 N–H and O–H groups in total. The van der Waals surface area contributed by atoms with Crippen molar-refractivity contribution in [3.05, 3.63) is 60.2 Å². The molecule has 1 aliphatic rings. The highest BCUT2D eigenvalue weighted by Gasteiger charge is 2.40. The molecule has 2 rings (SSSR count). The number of carbonyl (C=O) groups excluding carboxylic acids is 1. The van der Waals surface area contributed by atoms with Crippen LogP contribution in [-0.2, 0) is 4.74 Å². The van der Waals surface area contributed by atoms with E-state index in [0.29, 0.717) is 12.2 Å². The highest BCUT2D eigenvalue weighted by atomic mass is 16.6. The van der Waals surface area contributed by atoms with Gasteiger partial charge in [0.1, 0.15) is 0 Å². The van der Waals surface area contributed by atoms with Gasteiger partial charge in [0.15, 0.2) is 11.6 Å². The Morgan fingerprint density at radius 2 is 2.05 bits per heavy atom. The highest BCUT2D eigenvalue weighted by Crippen LogP contribution is 2.29. The van der Waals surface area contributed by atoms with Crippen molar-refractivity contribution in [1.29, 1.82) is 0 Å². The van der Waals surface area contributed by atoms with E-state index < -0.39 is 11.7 Å². The zero-order valence-corrected chi connectivity index (χ0v) is 11.0. The van der Waals surface area contributed by atoms with Crippen LogP contribution in [0.1, 0.15) is 23.7 Å². The number of rotatable bonds is 5. The van der Waals surface area contributed by atoms with Crippen LogP contribution >= 0.6 is 0 Å². The second-order valence-electron chi connectivity index (χ2n) is 4.55. The normalized spacial score (nSPS) is 25.5. The minimum absolute atomic E-state index is 0.139. The SMILES string of the molecule is CCCOC1(O)C=CC=CC1C(=O)c1ccccc1. The molecule has 0 spiro atoms. The van der Waals surface area contributed by atoms with Gasteiger partial charge in [-0.05, 0) is 12.5 Å². The van der Waals surface area contributed by atoms with Crippen LogP contribution in [0.5, 0.6) is 0 Å². The fourth-order valence-corrected chi connectivity index (χ4v) is 2.07. The largest absolute Gasteiger partial charge is 0.361 e. The number of hydrogen-bond donors (Lipinski definition) is 1. The van der Waals surface area contributed by atoms with Gasteiger partial charge >= 0.3 is 0 Å². The molecule has 0 aromatic heterocycles. The molecule has 0 amide bonds. The molecule has 0 fully saturated rings. The van der Waals surface area contributed by atoms with E-state index in [2.05, 4.69) is 0 Å². The van der Waals surface area contributed by atoms with E-state index in [0.717, 1.165) is 6.42 Å². The maximum atomic E-state index is 12.5. The molecule has 19 heavy (non-hydrogen) atoms. The predicted molar refractivity (Wildman–Crippen MR) is 73.7 cm³/mol. The van der Waals surface area contributed by atoms with E-state index >= 15 is 0 Å². The van der Waals surface area contributed by atoms with E-state index in [1.807, 2.05) is 25.1 Å². The van der Waals surface area contributed by atoms with E-state index in [4.69, 9.17) is 4.74 Å². The Bertz CT molecular complexity index is 490. The van der Waals surface area contributed by atoms with Gasteiger partial charge in [-0.2, -0.15) is 0 Å². The van der Waals surface area contributed by atoms with E-state index in [9.17, 15) is 9.90 Å². The Labute approximate surface area is 113 Å². The fraction of sp³-hybridized carbons (Fsp3) is 0.312. The van der Waals surface area contributed by atoms with Crippen molar-refractivity contribution >= 4 is 5.78 Å². The number of ether oxygens (including phenoxy) is 1. The lowest BCUT2D eigenvalue weighted by molar-refractivity contribution is -0.182. The first-order valence-corrected chi connectivity index (χ1v) is 6.49. The molecule has 1 aromatic rings. The molecule has 3 heteroatoms. The summed E-state index contributed by atoms with van der Waals surface area (Å²) < 4.78 is 5.47. The summed E-state index contributed by atoms with van der Waals surface area (Å²) >= 11 is 0. The maximum Gasteiger partial charge on any atom is 0.199 e. The second-order valence-corrected chi connectivity index (χ2v) is 4.55. The number of allylic oxidation sites excluding steroid dienone is 2. The zero-order chi connectivity index (χ0) is 13.7. The Morgan fingerprint density at radius 1 is 1.32 bits per heavy atom. The van der Waals surface area contributed by atoms with Gasteiger partial charge in [0.2, 0.25) is 0 Å². The van der Waals surface area contributed by atoms with Crippen LogP contribution in [0.25, 0.3) is 0 Å². The molecule has 0 saturated heterocycles. The Hall–Kier alpha value is -1.71. The summed E-state index contributed by atoms with van der Waals surface area (Å²) in [5, 5.41) is 10.5. The Kier molecular flexibility index (Phi) is 4.30. The molecule has 1 aromatic carbocycles. The number of aliphatic hydroxyl groups is 1. The predicted octanol–water partition coefficient (Wildman–Crippen LogP) is 2.73. The van der Waals surface area contributed by atoms with Crippen molar-refractivity contribution < 1.29 is 14.6 Å². The molecule has 0 heterocycles. The van der Waals surface area contributed by atoms with Crippen molar-refractivity contribution in [2.24, 2.45) is 5.92 Å². The molecule has 2 unspecified atom stereocenters. The third-order valence-corrected chi connectivity index (χ3v) is 3.07. The third kappa shape index (κ3) is 3.00. The number of carbonyl (C=O) groups is 1. The van der Waals surface area contributed by atoms with Crippen LogP contribution in [0.3, 0.4) is 0 Å². The van der Waals surface area contributed by atoms with E-state index in [-0.39, 0.29) is 5.78 Å². The zero-order valence-electron chi connectivity index (χ0n) is 11.0. The summed E-state index contributed by atoms with van der Waals surface area (Å²) in [5.41, 5.74) is 0.575. The summed E-state index contributed by atoms with van der Waals surface area (Å²) in [4.78, 5) is 12.5. The van der Waals surface area contributed by atoms with Crippen molar-refractivity contribution in [2.45, 2.75) is 19.1 Å². The summed E-state index contributed by atoms with van der Waals surface area (Å²) in [6, 6.07) is 8.96. The van der Waals surface area contributed by atoms with Crippen LogP contribution in [0.4, 0.5) is 0 Å². The van der Waals surface area contributed by atoms with Gasteiger partial charge in [0, 0.05) is 5.56 Å². The first-order chi connectivity index (χ1) is 9.17. The maximum absolute atomic E-state index is 12.5. The van der Waals surface area contributed by atoms with Gasteiger partial charge in [-0.25, -0.2) is 0 Å². The van der Waals surface area contributed by atoms with Crippen LogP contribution in [0, 0.1) is 5.92 Å². The van der Waals surface area contributed by atoms with Crippen LogP contribution in [0.15, 0.2) is 54.6 Å². The molecule has 0 saturated carbocycles. The molecular formula is C16H18O3. The van der Waals surface area contributed by atoms with Gasteiger partial charge in [-0.3, -0.25) is 4.79 Å². The molecule has 3 nitrogen and oxygen atoms in total. The fourth-order valence-electron chi connectivity index (χ4n) is 2.07. The standard InChI is InChI=1S/C16H18O3/c1-2-12-19-16(18)11-7-6-10-14(16)15(17)13-8-4-3-5-9-13/h3-11,14,18H,2,12H2,1H3.